The van der Waals surface area contributed by atoms with Gasteiger partial charge in [-0.05, 0) is 45.1 Å². The summed E-state index contributed by atoms with van der Waals surface area (Å²) in [6.45, 7) is 6.37. The van der Waals surface area contributed by atoms with Crippen molar-refractivity contribution in [3.63, 3.8) is 0 Å². The van der Waals surface area contributed by atoms with Crippen molar-refractivity contribution in [1.82, 2.24) is 20.6 Å². The number of aliphatic imine (C=N–C) groups is 1. The van der Waals surface area contributed by atoms with Gasteiger partial charge in [-0.25, -0.2) is 15.0 Å². The van der Waals surface area contributed by atoms with Gasteiger partial charge in [0.25, 0.3) is 0 Å². The lowest BCUT2D eigenvalue weighted by Crippen LogP contribution is -2.38. The molecule has 7 heteroatoms. The van der Waals surface area contributed by atoms with E-state index in [-0.39, 0.29) is 0 Å². The monoisotopic (exact) mass is 387 g/mol. The minimum atomic E-state index is 0.340. The van der Waals surface area contributed by atoms with Crippen LogP contribution in [0, 0.1) is 6.92 Å². The Morgan fingerprint density at radius 1 is 1.22 bits per heavy atom. The van der Waals surface area contributed by atoms with Gasteiger partial charge in [0, 0.05) is 42.8 Å². The molecule has 2 aromatic rings. The average molecular weight is 388 g/mol. The summed E-state index contributed by atoms with van der Waals surface area (Å²) in [5.41, 5.74) is 1.07. The van der Waals surface area contributed by atoms with E-state index in [4.69, 9.17) is 4.74 Å². The molecule has 2 aromatic heterocycles. The Hall–Kier alpha value is -2.15. The molecule has 0 saturated heterocycles. The zero-order chi connectivity index (χ0) is 18.9. The van der Waals surface area contributed by atoms with Crippen LogP contribution in [0.25, 0.3) is 0 Å². The van der Waals surface area contributed by atoms with Gasteiger partial charge in [-0.15, -0.1) is 11.3 Å². The van der Waals surface area contributed by atoms with Gasteiger partial charge in [0.05, 0.1) is 11.6 Å². The summed E-state index contributed by atoms with van der Waals surface area (Å²) in [5.74, 6) is 1.54. The van der Waals surface area contributed by atoms with Crippen molar-refractivity contribution < 1.29 is 4.74 Å². The number of hydrogen-bond acceptors (Lipinski definition) is 5. The first-order chi connectivity index (χ1) is 13.2. The molecular weight excluding hydrogens is 358 g/mol. The van der Waals surface area contributed by atoms with Crippen LogP contribution in [0.4, 0.5) is 0 Å². The lowest BCUT2D eigenvalue weighted by atomic mass is 10.3. The summed E-state index contributed by atoms with van der Waals surface area (Å²) in [6.07, 6.45) is 9.84. The maximum absolute atomic E-state index is 5.91. The van der Waals surface area contributed by atoms with Crippen LogP contribution in [0.3, 0.4) is 0 Å². The number of thiazole rings is 1. The fourth-order valence-electron chi connectivity index (χ4n) is 3.07. The summed E-state index contributed by atoms with van der Waals surface area (Å²) in [5, 5.41) is 7.80. The second-order valence-electron chi connectivity index (χ2n) is 6.77. The molecule has 3 rings (SSSR count). The molecule has 0 radical (unpaired) electrons. The van der Waals surface area contributed by atoms with Crippen LogP contribution in [-0.4, -0.2) is 35.1 Å². The Labute approximate surface area is 165 Å². The van der Waals surface area contributed by atoms with Gasteiger partial charge in [-0.1, -0.05) is 6.07 Å². The molecule has 0 unspecified atom stereocenters. The van der Waals surface area contributed by atoms with Crippen molar-refractivity contribution in [2.75, 3.05) is 13.1 Å². The van der Waals surface area contributed by atoms with Crippen LogP contribution >= 0.6 is 11.3 Å². The van der Waals surface area contributed by atoms with Crippen molar-refractivity contribution in [2.45, 2.75) is 58.6 Å². The van der Waals surface area contributed by atoms with Crippen molar-refractivity contribution in [1.29, 1.82) is 0 Å². The molecule has 0 spiro atoms. The molecule has 0 aromatic carbocycles. The van der Waals surface area contributed by atoms with E-state index in [1.807, 2.05) is 24.5 Å². The number of pyridine rings is 1. The van der Waals surface area contributed by atoms with Gasteiger partial charge in [0.1, 0.15) is 6.10 Å². The summed E-state index contributed by atoms with van der Waals surface area (Å²) in [6, 6.07) is 4.00. The predicted octanol–water partition coefficient (Wildman–Crippen LogP) is 3.47. The topological polar surface area (TPSA) is 71.4 Å². The van der Waals surface area contributed by atoms with Crippen molar-refractivity contribution in [2.24, 2.45) is 4.99 Å². The number of hydrogen-bond donors (Lipinski definition) is 2. The highest BCUT2D eigenvalue weighted by Crippen LogP contribution is 2.22. The third-order valence-electron chi connectivity index (χ3n) is 4.45. The SMILES string of the molecule is CCNC(=NCc1ccc(OC2CCCC2)nc1)NCCc1ncc(C)s1. The summed E-state index contributed by atoms with van der Waals surface area (Å²) >= 11 is 1.74. The van der Waals surface area contributed by atoms with Gasteiger partial charge >= 0.3 is 0 Å². The molecule has 27 heavy (non-hydrogen) atoms. The van der Waals surface area contributed by atoms with Gasteiger partial charge in [-0.2, -0.15) is 0 Å². The fourth-order valence-corrected chi connectivity index (χ4v) is 3.85. The Morgan fingerprint density at radius 3 is 2.74 bits per heavy atom. The normalized spacial score (nSPS) is 15.1. The molecule has 0 bridgehead atoms. The maximum Gasteiger partial charge on any atom is 0.213 e. The highest BCUT2D eigenvalue weighted by molar-refractivity contribution is 7.11. The second kappa shape index (κ2) is 10.3. The summed E-state index contributed by atoms with van der Waals surface area (Å²) in [7, 11) is 0. The smallest absolute Gasteiger partial charge is 0.213 e. The number of rotatable bonds is 8. The van der Waals surface area contributed by atoms with E-state index in [2.05, 4.69) is 39.4 Å². The van der Waals surface area contributed by atoms with Crippen LogP contribution in [0.1, 0.15) is 48.1 Å². The minimum Gasteiger partial charge on any atom is -0.474 e. The zero-order valence-corrected chi connectivity index (χ0v) is 17.0. The first kappa shape index (κ1) is 19.6. The molecular formula is C20H29N5OS. The molecule has 2 heterocycles. The number of nitrogens with one attached hydrogen (secondary N) is 2. The van der Waals surface area contributed by atoms with Crippen LogP contribution in [0.2, 0.25) is 0 Å². The third-order valence-corrected chi connectivity index (χ3v) is 5.42. The Morgan fingerprint density at radius 2 is 2.07 bits per heavy atom. The van der Waals surface area contributed by atoms with Crippen molar-refractivity contribution >= 4 is 17.3 Å². The molecule has 1 aliphatic carbocycles. The standard InChI is InChI=1S/C20H29N5OS/c1-3-21-20(22-11-10-19-24-12-15(2)27-19)25-14-16-8-9-18(23-13-16)26-17-6-4-5-7-17/h8-9,12-13,17H,3-7,10-11,14H2,1-2H3,(H2,21,22,25). The largest absolute Gasteiger partial charge is 0.474 e. The number of aryl methyl sites for hydroxylation is 1. The first-order valence-corrected chi connectivity index (χ1v) is 10.6. The summed E-state index contributed by atoms with van der Waals surface area (Å²) < 4.78 is 5.91. The number of nitrogens with zero attached hydrogens (tertiary/aromatic N) is 3. The Bertz CT molecular complexity index is 722. The number of ether oxygens (including phenoxy) is 1. The van der Waals surface area contributed by atoms with Gasteiger partial charge < -0.3 is 15.4 Å². The molecule has 1 aliphatic rings. The maximum atomic E-state index is 5.91. The first-order valence-electron chi connectivity index (χ1n) is 9.78. The summed E-state index contributed by atoms with van der Waals surface area (Å²) in [4.78, 5) is 14.7. The van der Waals surface area contributed by atoms with E-state index in [0.717, 1.165) is 54.8 Å². The van der Waals surface area contributed by atoms with Crippen LogP contribution in [-0.2, 0) is 13.0 Å². The van der Waals surface area contributed by atoms with Crippen LogP contribution < -0.4 is 15.4 Å². The lowest BCUT2D eigenvalue weighted by Gasteiger charge is -2.12. The molecule has 1 fully saturated rings. The molecule has 0 aliphatic heterocycles. The highest BCUT2D eigenvalue weighted by Gasteiger charge is 2.16. The van der Waals surface area contributed by atoms with E-state index in [1.165, 1.54) is 17.7 Å². The molecule has 0 amide bonds. The van der Waals surface area contributed by atoms with Gasteiger partial charge in [0.15, 0.2) is 5.96 Å². The third kappa shape index (κ3) is 6.50. The van der Waals surface area contributed by atoms with E-state index in [9.17, 15) is 0 Å². The highest BCUT2D eigenvalue weighted by atomic mass is 32.1. The number of aromatic nitrogens is 2. The zero-order valence-electron chi connectivity index (χ0n) is 16.2. The molecule has 1 saturated carbocycles. The quantitative estimate of drug-likeness (QED) is 0.536. The van der Waals surface area contributed by atoms with E-state index in [1.54, 1.807) is 11.3 Å². The number of guanidine groups is 1. The van der Waals surface area contributed by atoms with Crippen LogP contribution in [0.5, 0.6) is 5.88 Å². The van der Waals surface area contributed by atoms with Crippen molar-refractivity contribution in [3.05, 3.63) is 40.0 Å². The average Bonchev–Trinajstić information content (AvgIpc) is 3.33. The molecule has 0 atom stereocenters. The van der Waals surface area contributed by atoms with E-state index in [0.29, 0.717) is 12.6 Å². The molecule has 6 nitrogen and oxygen atoms in total. The van der Waals surface area contributed by atoms with E-state index >= 15 is 0 Å². The van der Waals surface area contributed by atoms with Crippen LogP contribution in [0.15, 0.2) is 29.5 Å². The molecule has 146 valence electrons. The fraction of sp³-hybridized carbons (Fsp3) is 0.550. The van der Waals surface area contributed by atoms with Crippen molar-refractivity contribution in [3.8, 4) is 5.88 Å². The van der Waals surface area contributed by atoms with Gasteiger partial charge in [-0.3, -0.25) is 0 Å². The van der Waals surface area contributed by atoms with E-state index < -0.39 is 0 Å². The molecule has 2 N–H and O–H groups in total. The Balaban J connectivity index is 1.47. The minimum absolute atomic E-state index is 0.340. The predicted molar refractivity (Wildman–Crippen MR) is 110 cm³/mol. The second-order valence-corrected chi connectivity index (χ2v) is 8.08. The Kier molecular flexibility index (Phi) is 7.45. The lowest BCUT2D eigenvalue weighted by molar-refractivity contribution is 0.201. The van der Waals surface area contributed by atoms with Gasteiger partial charge in [0.2, 0.25) is 5.88 Å².